The fourth-order valence-corrected chi connectivity index (χ4v) is 7.67. The van der Waals surface area contributed by atoms with Gasteiger partial charge in [0, 0.05) is 29.1 Å². The maximum absolute atomic E-state index is 13.9. The number of carbonyl (C=O) groups excluding carboxylic acids is 1. The molecule has 2 aromatic rings. The minimum absolute atomic E-state index is 0.00636. The van der Waals surface area contributed by atoms with Crippen LogP contribution < -0.4 is 5.32 Å². The molecule has 2 unspecified atom stereocenters. The van der Waals surface area contributed by atoms with Gasteiger partial charge >= 0.3 is 0 Å². The first kappa shape index (κ1) is 22.6. The first-order valence-electron chi connectivity index (χ1n) is 11.7. The fourth-order valence-electron chi connectivity index (χ4n) is 6.34. The molecule has 2 N–H and O–H groups in total. The van der Waals surface area contributed by atoms with Gasteiger partial charge < -0.3 is 15.3 Å². The predicted octanol–water partition coefficient (Wildman–Crippen LogP) is 5.08. The van der Waals surface area contributed by atoms with Crippen molar-refractivity contribution in [3.63, 3.8) is 0 Å². The van der Waals surface area contributed by atoms with Crippen LogP contribution in [0.4, 0.5) is 15.8 Å². The molecule has 2 saturated carbocycles. The van der Waals surface area contributed by atoms with E-state index in [0.29, 0.717) is 0 Å². The van der Waals surface area contributed by atoms with Gasteiger partial charge in [0.25, 0.3) is 5.91 Å². The van der Waals surface area contributed by atoms with Crippen LogP contribution in [0.25, 0.3) is 10.4 Å². The van der Waals surface area contributed by atoms with Crippen molar-refractivity contribution in [2.45, 2.75) is 36.7 Å². The Morgan fingerprint density at radius 2 is 1.92 bits per heavy atom. The number of aliphatic hydroxyl groups is 1. The quantitative estimate of drug-likeness (QED) is 0.338. The first-order chi connectivity index (χ1) is 17.3. The van der Waals surface area contributed by atoms with Crippen molar-refractivity contribution in [2.75, 3.05) is 5.32 Å². The van der Waals surface area contributed by atoms with Crippen LogP contribution in [0.15, 0.2) is 74.9 Å². The van der Waals surface area contributed by atoms with Crippen LogP contribution in [0.2, 0.25) is 0 Å². The minimum Gasteiger partial charge on any atom is -0.511 e. The van der Waals surface area contributed by atoms with E-state index in [9.17, 15) is 22.7 Å². The van der Waals surface area contributed by atoms with E-state index in [4.69, 9.17) is 5.53 Å². The summed E-state index contributed by atoms with van der Waals surface area (Å²) in [5, 5.41) is 18.8. The third-order valence-electron chi connectivity index (χ3n) is 7.79. The summed E-state index contributed by atoms with van der Waals surface area (Å²) < 4.78 is 39.8. The van der Waals surface area contributed by atoms with Crippen LogP contribution in [0.1, 0.15) is 24.8 Å². The average Bonchev–Trinajstić information content (AvgIpc) is 3.46. The number of hydrogen-bond acceptors (Lipinski definition) is 6. The van der Waals surface area contributed by atoms with Crippen molar-refractivity contribution in [3.8, 4) is 0 Å². The van der Waals surface area contributed by atoms with E-state index in [1.165, 1.54) is 30.3 Å². The molecule has 2 aromatic carbocycles. The summed E-state index contributed by atoms with van der Waals surface area (Å²) in [7, 11) is -4.01. The molecule has 2 fully saturated rings. The topological polar surface area (TPSA) is 135 Å². The van der Waals surface area contributed by atoms with E-state index >= 15 is 0 Å². The zero-order valence-electron chi connectivity index (χ0n) is 19.0. The average molecular weight is 508 g/mol. The molecule has 0 aromatic heterocycles. The Morgan fingerprint density at radius 3 is 2.67 bits per heavy atom. The maximum atomic E-state index is 13.9. The van der Waals surface area contributed by atoms with Gasteiger partial charge in [-0.3, -0.25) is 4.79 Å². The van der Waals surface area contributed by atoms with Crippen LogP contribution in [0, 0.1) is 23.6 Å². The summed E-state index contributed by atoms with van der Waals surface area (Å²) in [5.41, 5.74) is 9.74. The predicted molar refractivity (Wildman–Crippen MR) is 129 cm³/mol. The Labute approximate surface area is 206 Å². The highest BCUT2D eigenvalue weighted by atomic mass is 32.2. The third kappa shape index (κ3) is 3.46. The molecule has 9 nitrogen and oxygen atoms in total. The van der Waals surface area contributed by atoms with Crippen LogP contribution in [0.5, 0.6) is 0 Å². The molecule has 11 heteroatoms. The standard InChI is InChI=1S/C25H22FN5O4S/c26-16-5-1-13(2-6-16)11-31-23-15-4-3-14(9-15)21(23)24(32)22(25(31)33)19-12-36(34,35)20-10-17(29-30-27)7-8-18(20)28-19/h1-2,5-8,10,12,14-15,21,23,28,32H,3-4,9,11H2/t14-,15+,21?,23?/m0/s1. The molecule has 2 aliphatic carbocycles. The summed E-state index contributed by atoms with van der Waals surface area (Å²) in [5.74, 6) is -0.729. The number of sulfone groups is 1. The van der Waals surface area contributed by atoms with Crippen LogP contribution in [0.3, 0.4) is 0 Å². The second-order valence-electron chi connectivity index (χ2n) is 9.74. The van der Waals surface area contributed by atoms with Crippen LogP contribution in [-0.2, 0) is 21.2 Å². The molecule has 0 radical (unpaired) electrons. The SMILES string of the molecule is [N-]=[N+]=Nc1ccc2c(c1)S(=O)(=O)C=C(C1=C(O)C3C([C@@H]4CC[C@H]3C4)N(Cc3ccc(F)cc3)C1=O)N2. The number of halogens is 1. The van der Waals surface area contributed by atoms with Gasteiger partial charge in [-0.05, 0) is 66.5 Å². The second-order valence-corrected chi connectivity index (χ2v) is 11.5. The van der Waals surface area contributed by atoms with Gasteiger partial charge in [-0.25, -0.2) is 12.8 Å². The number of aliphatic hydroxyl groups excluding tert-OH is 1. The zero-order valence-corrected chi connectivity index (χ0v) is 19.8. The highest BCUT2D eigenvalue weighted by Gasteiger charge is 2.56. The molecule has 0 spiro atoms. The lowest BCUT2D eigenvalue weighted by molar-refractivity contribution is -0.134. The van der Waals surface area contributed by atoms with Gasteiger partial charge in [-0.15, -0.1) is 0 Å². The summed E-state index contributed by atoms with van der Waals surface area (Å²) in [4.78, 5) is 18.2. The highest BCUT2D eigenvalue weighted by molar-refractivity contribution is 7.94. The van der Waals surface area contributed by atoms with E-state index in [1.54, 1.807) is 17.0 Å². The molecule has 4 atom stereocenters. The normalized spacial score (nSPS) is 27.6. The van der Waals surface area contributed by atoms with E-state index in [2.05, 4.69) is 15.3 Å². The Kier molecular flexibility index (Phi) is 5.10. The lowest BCUT2D eigenvalue weighted by Crippen LogP contribution is -2.52. The molecule has 4 aliphatic rings. The van der Waals surface area contributed by atoms with Crippen molar-refractivity contribution in [3.05, 3.63) is 86.7 Å². The van der Waals surface area contributed by atoms with E-state index in [0.717, 1.165) is 30.2 Å². The van der Waals surface area contributed by atoms with Crippen molar-refractivity contribution in [2.24, 2.45) is 22.9 Å². The molecule has 0 saturated heterocycles. The maximum Gasteiger partial charge on any atom is 0.260 e. The Balaban J connectivity index is 1.43. The number of nitrogens with zero attached hydrogens (tertiary/aromatic N) is 4. The Morgan fingerprint density at radius 1 is 1.17 bits per heavy atom. The molecular weight excluding hydrogens is 485 g/mol. The first-order valence-corrected chi connectivity index (χ1v) is 13.2. The summed E-state index contributed by atoms with van der Waals surface area (Å²) in [6.07, 6.45) is 2.81. The molecule has 1 amide bonds. The second kappa shape index (κ2) is 8.11. The number of azide groups is 1. The van der Waals surface area contributed by atoms with Gasteiger partial charge in [0.05, 0.1) is 21.7 Å². The van der Waals surface area contributed by atoms with E-state index in [-0.39, 0.29) is 69.5 Å². The van der Waals surface area contributed by atoms with Gasteiger partial charge in [-0.1, -0.05) is 23.3 Å². The Bertz CT molecular complexity index is 1510. The zero-order chi connectivity index (χ0) is 25.2. The lowest BCUT2D eigenvalue weighted by atomic mass is 9.77. The van der Waals surface area contributed by atoms with Gasteiger partial charge in [0.1, 0.15) is 17.1 Å². The third-order valence-corrected chi connectivity index (χ3v) is 9.29. The minimum atomic E-state index is -4.01. The largest absolute Gasteiger partial charge is 0.511 e. The smallest absolute Gasteiger partial charge is 0.260 e. The number of anilines is 1. The van der Waals surface area contributed by atoms with Crippen molar-refractivity contribution in [1.82, 2.24) is 4.90 Å². The highest BCUT2D eigenvalue weighted by Crippen LogP contribution is 2.56. The van der Waals surface area contributed by atoms with Crippen LogP contribution in [-0.4, -0.2) is 30.4 Å². The van der Waals surface area contributed by atoms with E-state index in [1.807, 2.05) is 0 Å². The molecular formula is C25H22FN5O4S. The summed E-state index contributed by atoms with van der Waals surface area (Å²) >= 11 is 0. The van der Waals surface area contributed by atoms with Crippen molar-refractivity contribution in [1.29, 1.82) is 0 Å². The molecule has 2 bridgehead atoms. The summed E-state index contributed by atoms with van der Waals surface area (Å²) in [6, 6.07) is 9.94. The van der Waals surface area contributed by atoms with Gasteiger partial charge in [0.15, 0.2) is 0 Å². The van der Waals surface area contributed by atoms with Gasteiger partial charge in [-0.2, -0.15) is 0 Å². The van der Waals surface area contributed by atoms with Crippen molar-refractivity contribution < 1.29 is 22.7 Å². The van der Waals surface area contributed by atoms with Gasteiger partial charge in [0.2, 0.25) is 9.84 Å². The number of carbonyl (C=O) groups is 1. The monoisotopic (exact) mass is 507 g/mol. The number of fused-ring (bicyclic) bond motifs is 6. The number of nitrogens with one attached hydrogen (secondary N) is 1. The molecule has 2 aliphatic heterocycles. The Hall–Kier alpha value is -3.82. The van der Waals surface area contributed by atoms with Crippen LogP contribution >= 0.6 is 0 Å². The fraction of sp³-hybridized carbons (Fsp3) is 0.320. The molecule has 36 heavy (non-hydrogen) atoms. The molecule has 184 valence electrons. The van der Waals surface area contributed by atoms with E-state index < -0.39 is 15.7 Å². The molecule has 2 heterocycles. The summed E-state index contributed by atoms with van der Waals surface area (Å²) in [6.45, 7) is 0.229. The number of rotatable bonds is 4. The number of amides is 1. The van der Waals surface area contributed by atoms with Crippen molar-refractivity contribution >= 4 is 27.1 Å². The lowest BCUT2D eigenvalue weighted by Gasteiger charge is -2.44. The molecule has 6 rings (SSSR count). The number of hydrogen-bond donors (Lipinski definition) is 2. The number of benzene rings is 2.